The molecule has 12 heavy (non-hydrogen) atoms. The van der Waals surface area contributed by atoms with E-state index in [1.54, 1.807) is 6.20 Å². The summed E-state index contributed by atoms with van der Waals surface area (Å²) in [6.07, 6.45) is 3.64. The third-order valence-electron chi connectivity index (χ3n) is 1.43. The number of nitrogens with two attached hydrogens (primary N) is 1. The lowest BCUT2D eigenvalue weighted by atomic mass is 10.4. The Bertz CT molecular complexity index is 411. The number of aromatic nitrogens is 3. The zero-order valence-corrected chi connectivity index (χ0v) is 7.95. The fourth-order valence-electron chi connectivity index (χ4n) is 0.841. The molecule has 2 aromatic heterocycles. The Labute approximate surface area is 77.4 Å². The van der Waals surface area contributed by atoms with Crippen LogP contribution in [0, 0.1) is 0 Å². The predicted octanol–water partition coefficient (Wildman–Crippen LogP) is 1.39. The van der Waals surface area contributed by atoms with E-state index >= 15 is 0 Å². The number of rotatable bonds is 1. The van der Waals surface area contributed by atoms with Crippen molar-refractivity contribution in [3.8, 4) is 0 Å². The minimum atomic E-state index is 0.678. The molecule has 0 spiro atoms. The first-order valence-electron chi connectivity index (χ1n) is 3.23. The Kier molecular flexibility index (Phi) is 1.86. The number of nitrogens with zero attached hydrogens (tertiary/aromatic N) is 3. The highest BCUT2D eigenvalue weighted by Gasteiger charge is 2.04. The monoisotopic (exact) mass is 198 g/mol. The van der Waals surface area contributed by atoms with Gasteiger partial charge in [-0.25, -0.2) is 9.97 Å². The van der Waals surface area contributed by atoms with Gasteiger partial charge in [-0.2, -0.15) is 4.37 Å². The van der Waals surface area contributed by atoms with E-state index in [9.17, 15) is 0 Å². The first kappa shape index (κ1) is 7.75. The van der Waals surface area contributed by atoms with E-state index in [-0.39, 0.29) is 0 Å². The van der Waals surface area contributed by atoms with Crippen molar-refractivity contribution in [2.45, 2.75) is 5.16 Å². The van der Waals surface area contributed by atoms with Gasteiger partial charge in [0.05, 0.1) is 5.39 Å². The smallest absolute Gasteiger partial charge is 0.189 e. The molecular weight excluding hydrogens is 192 g/mol. The standard InChI is InChI=1S/C6H6N4S2/c1-11-6-8-2-3-4(7)12-10-5(3)9-6/h2H,7H2,1H3. The normalized spacial score (nSPS) is 10.8. The van der Waals surface area contributed by atoms with Crippen molar-refractivity contribution in [3.63, 3.8) is 0 Å². The van der Waals surface area contributed by atoms with Crippen molar-refractivity contribution in [3.05, 3.63) is 6.20 Å². The van der Waals surface area contributed by atoms with Crippen molar-refractivity contribution >= 4 is 39.3 Å². The summed E-state index contributed by atoms with van der Waals surface area (Å²) in [4.78, 5) is 8.28. The second kappa shape index (κ2) is 2.87. The van der Waals surface area contributed by atoms with Crippen molar-refractivity contribution in [1.29, 1.82) is 0 Å². The van der Waals surface area contributed by atoms with Crippen LogP contribution in [0.5, 0.6) is 0 Å². The van der Waals surface area contributed by atoms with Crippen molar-refractivity contribution in [2.24, 2.45) is 0 Å². The highest BCUT2D eigenvalue weighted by Crippen LogP contribution is 2.23. The first-order chi connectivity index (χ1) is 5.81. The zero-order valence-electron chi connectivity index (χ0n) is 6.31. The Morgan fingerprint density at radius 3 is 3.17 bits per heavy atom. The van der Waals surface area contributed by atoms with Gasteiger partial charge in [-0.05, 0) is 17.8 Å². The highest BCUT2D eigenvalue weighted by molar-refractivity contribution is 7.98. The minimum Gasteiger partial charge on any atom is -0.389 e. The molecule has 0 radical (unpaired) electrons. The molecule has 0 saturated carbocycles. The number of hydrogen-bond donors (Lipinski definition) is 1. The van der Waals surface area contributed by atoms with E-state index < -0.39 is 0 Å². The van der Waals surface area contributed by atoms with Crippen LogP contribution in [0.2, 0.25) is 0 Å². The molecule has 0 unspecified atom stereocenters. The maximum Gasteiger partial charge on any atom is 0.189 e. The largest absolute Gasteiger partial charge is 0.389 e. The third-order valence-corrected chi connectivity index (χ3v) is 2.67. The third kappa shape index (κ3) is 1.12. The Morgan fingerprint density at radius 1 is 1.58 bits per heavy atom. The number of fused-ring (bicyclic) bond motifs is 1. The van der Waals surface area contributed by atoms with E-state index in [4.69, 9.17) is 5.73 Å². The van der Waals surface area contributed by atoms with Gasteiger partial charge in [0.25, 0.3) is 0 Å². The number of nitrogen functional groups attached to an aromatic ring is 1. The topological polar surface area (TPSA) is 64.7 Å². The molecule has 0 aliphatic carbocycles. The maximum absolute atomic E-state index is 5.64. The number of hydrogen-bond acceptors (Lipinski definition) is 6. The Morgan fingerprint density at radius 2 is 2.42 bits per heavy atom. The van der Waals surface area contributed by atoms with Crippen LogP contribution in [0.1, 0.15) is 0 Å². The van der Waals surface area contributed by atoms with Crippen molar-refractivity contribution in [1.82, 2.24) is 14.3 Å². The van der Waals surface area contributed by atoms with Crippen LogP contribution in [-0.4, -0.2) is 20.6 Å². The Balaban J connectivity index is 2.69. The van der Waals surface area contributed by atoms with Crippen molar-refractivity contribution in [2.75, 3.05) is 12.0 Å². The molecule has 2 aromatic rings. The molecule has 0 aliphatic rings. The van der Waals surface area contributed by atoms with Gasteiger partial charge < -0.3 is 5.73 Å². The quantitative estimate of drug-likeness (QED) is 0.554. The molecule has 0 amide bonds. The average molecular weight is 198 g/mol. The van der Waals surface area contributed by atoms with E-state index in [0.717, 1.165) is 10.5 Å². The summed E-state index contributed by atoms with van der Waals surface area (Å²) in [5.41, 5.74) is 6.33. The molecule has 0 aromatic carbocycles. The first-order valence-corrected chi connectivity index (χ1v) is 5.23. The second-order valence-corrected chi connectivity index (χ2v) is 3.72. The summed E-state index contributed by atoms with van der Waals surface area (Å²) >= 11 is 2.75. The Hall–Kier alpha value is -0.880. The van der Waals surface area contributed by atoms with E-state index in [2.05, 4.69) is 14.3 Å². The SMILES string of the molecule is CSc1ncc2c(N)snc2n1. The maximum atomic E-state index is 5.64. The van der Waals surface area contributed by atoms with Crippen LogP contribution in [-0.2, 0) is 0 Å². The summed E-state index contributed by atoms with van der Waals surface area (Å²) in [6, 6.07) is 0. The molecule has 6 heteroatoms. The molecule has 2 heterocycles. The van der Waals surface area contributed by atoms with Crippen LogP contribution in [0.25, 0.3) is 11.0 Å². The van der Waals surface area contributed by atoms with Gasteiger partial charge in [-0.3, -0.25) is 0 Å². The van der Waals surface area contributed by atoms with Crippen molar-refractivity contribution < 1.29 is 0 Å². The highest BCUT2D eigenvalue weighted by atomic mass is 32.2. The molecule has 0 saturated heterocycles. The molecule has 4 nitrogen and oxygen atoms in total. The van der Waals surface area contributed by atoms with Gasteiger partial charge in [0.1, 0.15) is 5.00 Å². The van der Waals surface area contributed by atoms with Gasteiger partial charge in [0.15, 0.2) is 10.8 Å². The van der Waals surface area contributed by atoms with Crippen LogP contribution >= 0.6 is 23.3 Å². The molecule has 0 atom stereocenters. The van der Waals surface area contributed by atoms with Gasteiger partial charge in [0, 0.05) is 6.20 Å². The number of thioether (sulfide) groups is 1. The fraction of sp³-hybridized carbons (Fsp3) is 0.167. The lowest BCUT2D eigenvalue weighted by Gasteiger charge is -1.92. The van der Waals surface area contributed by atoms with E-state index in [0.29, 0.717) is 10.6 Å². The lowest BCUT2D eigenvalue weighted by molar-refractivity contribution is 1.00. The van der Waals surface area contributed by atoms with E-state index in [1.807, 2.05) is 6.26 Å². The lowest BCUT2D eigenvalue weighted by Crippen LogP contribution is -1.86. The van der Waals surface area contributed by atoms with Gasteiger partial charge in [-0.15, -0.1) is 0 Å². The van der Waals surface area contributed by atoms with Crippen LogP contribution in [0.3, 0.4) is 0 Å². The molecule has 62 valence electrons. The van der Waals surface area contributed by atoms with E-state index in [1.165, 1.54) is 23.3 Å². The molecule has 0 bridgehead atoms. The van der Waals surface area contributed by atoms with Crippen LogP contribution in [0.15, 0.2) is 11.4 Å². The number of anilines is 1. The fourth-order valence-corrected chi connectivity index (χ4v) is 1.74. The second-order valence-electron chi connectivity index (χ2n) is 2.14. The summed E-state index contributed by atoms with van der Waals surface area (Å²) in [7, 11) is 0. The summed E-state index contributed by atoms with van der Waals surface area (Å²) in [5, 5.41) is 2.25. The molecular formula is C6H6N4S2. The summed E-state index contributed by atoms with van der Waals surface area (Å²) in [6.45, 7) is 0. The predicted molar refractivity (Wildman–Crippen MR) is 51.4 cm³/mol. The molecule has 0 fully saturated rings. The molecule has 2 N–H and O–H groups in total. The van der Waals surface area contributed by atoms with Gasteiger partial charge in [-0.1, -0.05) is 11.8 Å². The average Bonchev–Trinajstić information content (AvgIpc) is 2.47. The summed E-state index contributed by atoms with van der Waals surface area (Å²) in [5.74, 6) is 0. The van der Waals surface area contributed by atoms with Crippen LogP contribution in [0.4, 0.5) is 5.00 Å². The van der Waals surface area contributed by atoms with Gasteiger partial charge in [0.2, 0.25) is 0 Å². The molecule has 0 aliphatic heterocycles. The van der Waals surface area contributed by atoms with Crippen LogP contribution < -0.4 is 5.73 Å². The summed E-state index contributed by atoms with van der Waals surface area (Å²) < 4.78 is 4.08. The molecule has 2 rings (SSSR count). The van der Waals surface area contributed by atoms with Gasteiger partial charge >= 0.3 is 0 Å². The minimum absolute atomic E-state index is 0.678. The zero-order chi connectivity index (χ0) is 8.55.